The van der Waals surface area contributed by atoms with Gasteiger partial charge in [-0.1, -0.05) is 22.9 Å². The van der Waals surface area contributed by atoms with E-state index in [4.69, 9.17) is 21.3 Å². The Labute approximate surface area is 196 Å². The van der Waals surface area contributed by atoms with E-state index in [-0.39, 0.29) is 5.91 Å². The monoisotopic (exact) mass is 475 g/mol. The molecule has 1 aliphatic heterocycles. The number of fused-ring (bicyclic) bond motifs is 1. The van der Waals surface area contributed by atoms with Crippen LogP contribution in [0.25, 0.3) is 10.2 Å². The van der Waals surface area contributed by atoms with E-state index in [2.05, 4.69) is 17.0 Å². The second kappa shape index (κ2) is 10.1. The Kier molecular flexibility index (Phi) is 7.25. The molecule has 1 aromatic heterocycles. The molecule has 8 heteroatoms. The molecular formula is C23H26ClN3O2S2. The lowest BCUT2D eigenvalue weighted by atomic mass is 10.2. The highest BCUT2D eigenvalue weighted by Crippen LogP contribution is 2.34. The van der Waals surface area contributed by atoms with Crippen LogP contribution < -0.4 is 9.64 Å². The summed E-state index contributed by atoms with van der Waals surface area (Å²) >= 11 is 9.71. The fourth-order valence-corrected chi connectivity index (χ4v) is 5.70. The third kappa shape index (κ3) is 5.27. The second-order valence-corrected chi connectivity index (χ2v) is 10.1. The van der Waals surface area contributed by atoms with Crippen LogP contribution in [0.5, 0.6) is 5.75 Å². The minimum atomic E-state index is 0.252. The van der Waals surface area contributed by atoms with Crippen LogP contribution in [0.1, 0.15) is 18.4 Å². The van der Waals surface area contributed by atoms with E-state index in [1.807, 2.05) is 36.1 Å². The van der Waals surface area contributed by atoms with E-state index in [0.717, 1.165) is 70.0 Å². The van der Waals surface area contributed by atoms with E-state index in [1.54, 1.807) is 30.2 Å². The number of carbonyl (C=O) groups excluding carboxylic acids is 1. The Hall–Kier alpha value is -1.96. The number of anilines is 1. The zero-order valence-electron chi connectivity index (χ0n) is 17.8. The van der Waals surface area contributed by atoms with Gasteiger partial charge in [0.2, 0.25) is 5.91 Å². The molecule has 3 aromatic rings. The predicted molar refractivity (Wildman–Crippen MR) is 131 cm³/mol. The summed E-state index contributed by atoms with van der Waals surface area (Å²) in [7, 11) is 1.67. The number of nitrogens with zero attached hydrogens (tertiary/aromatic N) is 3. The van der Waals surface area contributed by atoms with Gasteiger partial charge in [-0.25, -0.2) is 4.98 Å². The first-order valence-electron chi connectivity index (χ1n) is 10.4. The van der Waals surface area contributed by atoms with Crippen LogP contribution in [0.4, 0.5) is 5.13 Å². The van der Waals surface area contributed by atoms with Crippen LogP contribution >= 0.6 is 34.7 Å². The quantitative estimate of drug-likeness (QED) is 0.334. The second-order valence-electron chi connectivity index (χ2n) is 7.51. The van der Waals surface area contributed by atoms with Crippen molar-refractivity contribution in [3.63, 3.8) is 0 Å². The van der Waals surface area contributed by atoms with Crippen molar-refractivity contribution in [1.29, 1.82) is 0 Å². The van der Waals surface area contributed by atoms with Gasteiger partial charge in [0.25, 0.3) is 0 Å². The first-order valence-corrected chi connectivity index (χ1v) is 12.6. The summed E-state index contributed by atoms with van der Waals surface area (Å²) in [5.41, 5.74) is 2.02. The Morgan fingerprint density at radius 3 is 2.61 bits per heavy atom. The Morgan fingerprint density at radius 2 is 1.90 bits per heavy atom. The lowest BCUT2D eigenvalue weighted by Crippen LogP contribution is -2.48. The smallest absolute Gasteiger partial charge is 0.222 e. The van der Waals surface area contributed by atoms with E-state index in [9.17, 15) is 4.79 Å². The SMILES string of the molecule is COc1ccc(SCCCC(=O)N2CCN(c3nc4c(C)c(Cl)ccc4s3)CC2)cc1. The lowest BCUT2D eigenvalue weighted by Gasteiger charge is -2.34. The van der Waals surface area contributed by atoms with Gasteiger partial charge in [0.15, 0.2) is 5.13 Å². The van der Waals surface area contributed by atoms with Crippen LogP contribution in [0.2, 0.25) is 5.02 Å². The van der Waals surface area contributed by atoms with Crippen molar-refractivity contribution in [2.45, 2.75) is 24.7 Å². The molecule has 164 valence electrons. The van der Waals surface area contributed by atoms with Crippen LogP contribution in [0.3, 0.4) is 0 Å². The molecule has 2 heterocycles. The molecule has 0 N–H and O–H groups in total. The Morgan fingerprint density at radius 1 is 1.16 bits per heavy atom. The zero-order valence-corrected chi connectivity index (χ0v) is 20.2. The lowest BCUT2D eigenvalue weighted by molar-refractivity contribution is -0.131. The highest BCUT2D eigenvalue weighted by atomic mass is 35.5. The average molecular weight is 476 g/mol. The van der Waals surface area contributed by atoms with Crippen molar-refractivity contribution in [1.82, 2.24) is 9.88 Å². The Balaban J connectivity index is 1.23. The molecule has 0 atom stereocenters. The molecule has 0 bridgehead atoms. The van der Waals surface area contributed by atoms with Gasteiger partial charge in [-0.3, -0.25) is 4.79 Å². The topological polar surface area (TPSA) is 45.7 Å². The van der Waals surface area contributed by atoms with Gasteiger partial charge < -0.3 is 14.5 Å². The number of rotatable bonds is 7. The highest BCUT2D eigenvalue weighted by molar-refractivity contribution is 7.99. The summed E-state index contributed by atoms with van der Waals surface area (Å²) in [5, 5.41) is 1.77. The Bertz CT molecular complexity index is 1050. The molecule has 4 rings (SSSR count). The summed E-state index contributed by atoms with van der Waals surface area (Å²) in [6, 6.07) is 12.0. The van der Waals surface area contributed by atoms with Crippen LogP contribution in [0.15, 0.2) is 41.3 Å². The number of thiazole rings is 1. The maximum atomic E-state index is 12.6. The third-order valence-electron chi connectivity index (χ3n) is 5.50. The van der Waals surface area contributed by atoms with Gasteiger partial charge in [-0.05, 0) is 61.1 Å². The average Bonchev–Trinajstić information content (AvgIpc) is 3.25. The van der Waals surface area contributed by atoms with Crippen LogP contribution in [0, 0.1) is 6.92 Å². The number of amides is 1. The molecule has 2 aromatic carbocycles. The standard InChI is InChI=1S/C23H26ClN3O2S2/c1-16-19(24)9-10-20-22(16)25-23(31-20)27-13-11-26(12-14-27)21(28)4-3-15-30-18-7-5-17(29-2)6-8-18/h5-10H,3-4,11-15H2,1-2H3. The van der Waals surface area contributed by atoms with Crippen LogP contribution in [-0.2, 0) is 4.79 Å². The van der Waals surface area contributed by atoms with Gasteiger partial charge >= 0.3 is 0 Å². The zero-order chi connectivity index (χ0) is 21.8. The van der Waals surface area contributed by atoms with Gasteiger partial charge in [0.05, 0.1) is 17.3 Å². The van der Waals surface area contributed by atoms with Gasteiger partial charge in [0, 0.05) is 42.5 Å². The van der Waals surface area contributed by atoms with E-state index in [1.165, 1.54) is 4.90 Å². The van der Waals surface area contributed by atoms with Crippen LogP contribution in [-0.4, -0.2) is 54.8 Å². The van der Waals surface area contributed by atoms with E-state index < -0.39 is 0 Å². The summed E-state index contributed by atoms with van der Waals surface area (Å²) < 4.78 is 6.34. The number of piperazine rings is 1. The van der Waals surface area contributed by atoms with Gasteiger partial charge in [-0.2, -0.15) is 0 Å². The predicted octanol–water partition coefficient (Wildman–Crippen LogP) is 5.49. The number of thioether (sulfide) groups is 1. The van der Waals surface area contributed by atoms with Crippen molar-refractivity contribution < 1.29 is 9.53 Å². The molecule has 1 amide bonds. The van der Waals surface area contributed by atoms with Gasteiger partial charge in [-0.15, -0.1) is 11.8 Å². The molecule has 1 fully saturated rings. The summed E-state index contributed by atoms with van der Waals surface area (Å²) in [5.74, 6) is 2.05. The fourth-order valence-electron chi connectivity index (χ4n) is 3.61. The van der Waals surface area contributed by atoms with Crippen molar-refractivity contribution in [2.24, 2.45) is 0 Å². The number of ether oxygens (including phenoxy) is 1. The maximum Gasteiger partial charge on any atom is 0.222 e. The summed E-state index contributed by atoms with van der Waals surface area (Å²) in [6.07, 6.45) is 1.48. The number of halogens is 1. The molecule has 0 radical (unpaired) electrons. The summed E-state index contributed by atoms with van der Waals surface area (Å²) in [6.45, 7) is 5.15. The molecule has 5 nitrogen and oxygen atoms in total. The number of hydrogen-bond donors (Lipinski definition) is 0. The number of aromatic nitrogens is 1. The minimum absolute atomic E-state index is 0.252. The molecule has 0 aliphatic carbocycles. The van der Waals surface area contributed by atoms with E-state index in [0.29, 0.717) is 6.42 Å². The number of methoxy groups -OCH3 is 1. The number of aryl methyl sites for hydroxylation is 1. The highest BCUT2D eigenvalue weighted by Gasteiger charge is 2.23. The van der Waals surface area contributed by atoms with Crippen molar-refractivity contribution in [3.8, 4) is 5.75 Å². The maximum absolute atomic E-state index is 12.6. The third-order valence-corrected chi connectivity index (χ3v) is 8.09. The number of benzene rings is 2. The molecule has 1 aliphatic rings. The molecule has 31 heavy (non-hydrogen) atoms. The molecule has 0 unspecified atom stereocenters. The normalized spacial score (nSPS) is 14.3. The fraction of sp³-hybridized carbons (Fsp3) is 0.391. The van der Waals surface area contributed by atoms with Gasteiger partial charge in [0.1, 0.15) is 5.75 Å². The molecular weight excluding hydrogens is 450 g/mol. The largest absolute Gasteiger partial charge is 0.497 e. The molecule has 1 saturated heterocycles. The number of hydrogen-bond acceptors (Lipinski definition) is 6. The number of carbonyl (C=O) groups is 1. The molecule has 0 spiro atoms. The molecule has 0 saturated carbocycles. The minimum Gasteiger partial charge on any atom is -0.497 e. The summed E-state index contributed by atoms with van der Waals surface area (Å²) in [4.78, 5) is 22.9. The first-order chi connectivity index (χ1) is 15.0. The van der Waals surface area contributed by atoms with Crippen molar-refractivity contribution in [2.75, 3.05) is 43.9 Å². The van der Waals surface area contributed by atoms with Crippen molar-refractivity contribution in [3.05, 3.63) is 47.0 Å². The first kappa shape index (κ1) is 22.2. The van der Waals surface area contributed by atoms with E-state index >= 15 is 0 Å². The van der Waals surface area contributed by atoms with Crippen molar-refractivity contribution >= 4 is 56.0 Å².